The van der Waals surface area contributed by atoms with Crippen LogP contribution in [0.25, 0.3) is 0 Å². The molecule has 0 aliphatic carbocycles. The molecule has 1 aliphatic heterocycles. The van der Waals surface area contributed by atoms with E-state index in [-0.39, 0.29) is 17.9 Å². The second-order valence-electron chi connectivity index (χ2n) is 6.84. The van der Waals surface area contributed by atoms with Gasteiger partial charge in [0.1, 0.15) is 11.6 Å². The molecule has 132 valence electrons. The van der Waals surface area contributed by atoms with Gasteiger partial charge in [0.25, 0.3) is 5.91 Å². The third kappa shape index (κ3) is 2.98. The fraction of sp³-hybridized carbons (Fsp3) is 0.300. The molecule has 1 aliphatic rings. The Bertz CT molecular complexity index is 901. The predicted molar refractivity (Wildman–Crippen MR) is 97.4 cm³/mol. The standard InChI is InChI=1S/C20H21N5O/c1-14(2)19-22-10-16(11-23-19)20(26)25-13-18-21-8-9-24(18)12-17(25)15-6-4-3-5-7-15/h3-11,14,17H,12-13H2,1-2H3. The van der Waals surface area contributed by atoms with E-state index in [0.29, 0.717) is 18.7 Å². The third-order valence-electron chi connectivity index (χ3n) is 4.74. The van der Waals surface area contributed by atoms with Crippen LogP contribution in [0.1, 0.15) is 53.4 Å². The smallest absolute Gasteiger partial charge is 0.257 e. The predicted octanol–water partition coefficient (Wildman–Crippen LogP) is 3.19. The molecule has 3 heterocycles. The maximum absolute atomic E-state index is 13.2. The monoisotopic (exact) mass is 347 g/mol. The number of nitrogens with zero attached hydrogens (tertiary/aromatic N) is 5. The maximum atomic E-state index is 13.2. The Morgan fingerprint density at radius 2 is 1.85 bits per heavy atom. The second-order valence-corrected chi connectivity index (χ2v) is 6.84. The molecule has 2 aromatic heterocycles. The van der Waals surface area contributed by atoms with E-state index in [4.69, 9.17) is 0 Å². The number of aromatic nitrogens is 4. The average Bonchev–Trinajstić information content (AvgIpc) is 3.14. The first-order chi connectivity index (χ1) is 12.6. The van der Waals surface area contributed by atoms with Gasteiger partial charge in [-0.1, -0.05) is 44.2 Å². The molecule has 6 nitrogen and oxygen atoms in total. The van der Waals surface area contributed by atoms with Crippen LogP contribution in [0.4, 0.5) is 0 Å². The van der Waals surface area contributed by atoms with E-state index < -0.39 is 0 Å². The number of carbonyl (C=O) groups excluding carboxylic acids is 1. The van der Waals surface area contributed by atoms with Crippen LogP contribution < -0.4 is 0 Å². The van der Waals surface area contributed by atoms with Gasteiger partial charge in [0.15, 0.2) is 0 Å². The lowest BCUT2D eigenvalue weighted by molar-refractivity contribution is 0.0583. The Labute approximate surface area is 152 Å². The van der Waals surface area contributed by atoms with Crippen molar-refractivity contribution in [1.82, 2.24) is 24.4 Å². The zero-order valence-electron chi connectivity index (χ0n) is 14.9. The van der Waals surface area contributed by atoms with E-state index in [2.05, 4.69) is 31.7 Å². The van der Waals surface area contributed by atoms with E-state index >= 15 is 0 Å². The van der Waals surface area contributed by atoms with Crippen molar-refractivity contribution in [2.45, 2.75) is 38.9 Å². The van der Waals surface area contributed by atoms with E-state index in [1.54, 1.807) is 18.6 Å². The van der Waals surface area contributed by atoms with Crippen LogP contribution in [-0.2, 0) is 13.1 Å². The van der Waals surface area contributed by atoms with E-state index in [1.165, 1.54) is 0 Å². The molecular formula is C20H21N5O. The van der Waals surface area contributed by atoms with Crippen LogP contribution in [0.2, 0.25) is 0 Å². The Morgan fingerprint density at radius 1 is 1.12 bits per heavy atom. The van der Waals surface area contributed by atoms with Gasteiger partial charge in [-0.3, -0.25) is 4.79 Å². The minimum Gasteiger partial charge on any atom is -0.331 e. The summed E-state index contributed by atoms with van der Waals surface area (Å²) in [4.78, 5) is 28.2. The first-order valence-corrected chi connectivity index (χ1v) is 8.81. The zero-order valence-corrected chi connectivity index (χ0v) is 14.9. The molecule has 0 saturated carbocycles. The number of hydrogen-bond acceptors (Lipinski definition) is 4. The van der Waals surface area contributed by atoms with Crippen molar-refractivity contribution in [1.29, 1.82) is 0 Å². The summed E-state index contributed by atoms with van der Waals surface area (Å²) in [7, 11) is 0. The summed E-state index contributed by atoms with van der Waals surface area (Å²) in [5.74, 6) is 1.81. The highest BCUT2D eigenvalue weighted by Gasteiger charge is 2.32. The third-order valence-corrected chi connectivity index (χ3v) is 4.74. The lowest BCUT2D eigenvalue weighted by atomic mass is 10.0. The molecule has 1 aromatic carbocycles. The van der Waals surface area contributed by atoms with Crippen molar-refractivity contribution in [2.24, 2.45) is 0 Å². The average molecular weight is 347 g/mol. The quantitative estimate of drug-likeness (QED) is 0.730. The summed E-state index contributed by atoms with van der Waals surface area (Å²) in [5.41, 5.74) is 1.62. The summed E-state index contributed by atoms with van der Waals surface area (Å²) in [6, 6.07) is 10.1. The zero-order chi connectivity index (χ0) is 18.1. The lowest BCUT2D eigenvalue weighted by Gasteiger charge is -2.36. The molecule has 0 radical (unpaired) electrons. The summed E-state index contributed by atoms with van der Waals surface area (Å²) in [5, 5.41) is 0. The molecule has 1 unspecified atom stereocenters. The van der Waals surface area contributed by atoms with Gasteiger partial charge in [0.05, 0.1) is 18.2 Å². The van der Waals surface area contributed by atoms with Crippen molar-refractivity contribution >= 4 is 5.91 Å². The molecule has 1 amide bonds. The normalized spacial score (nSPS) is 16.6. The molecular weight excluding hydrogens is 326 g/mol. The van der Waals surface area contributed by atoms with Gasteiger partial charge in [-0.25, -0.2) is 15.0 Å². The van der Waals surface area contributed by atoms with Gasteiger partial charge in [-0.05, 0) is 5.56 Å². The minimum atomic E-state index is -0.0663. The Morgan fingerprint density at radius 3 is 2.54 bits per heavy atom. The topological polar surface area (TPSA) is 63.9 Å². The van der Waals surface area contributed by atoms with Crippen LogP contribution in [0.15, 0.2) is 55.1 Å². The van der Waals surface area contributed by atoms with Gasteiger partial charge in [0.2, 0.25) is 0 Å². The second kappa shape index (κ2) is 6.71. The number of carbonyl (C=O) groups is 1. The molecule has 0 spiro atoms. The number of fused-ring (bicyclic) bond motifs is 1. The number of rotatable bonds is 3. The largest absolute Gasteiger partial charge is 0.331 e. The van der Waals surface area contributed by atoms with Gasteiger partial charge in [-0.2, -0.15) is 0 Å². The number of amides is 1. The Balaban J connectivity index is 1.68. The first-order valence-electron chi connectivity index (χ1n) is 8.81. The van der Waals surface area contributed by atoms with E-state index in [9.17, 15) is 4.79 Å². The van der Waals surface area contributed by atoms with Crippen molar-refractivity contribution < 1.29 is 4.79 Å². The van der Waals surface area contributed by atoms with Crippen LogP contribution >= 0.6 is 0 Å². The molecule has 3 aromatic rings. The van der Waals surface area contributed by atoms with E-state index in [0.717, 1.165) is 17.2 Å². The Hall–Kier alpha value is -3.02. The summed E-state index contributed by atoms with van der Waals surface area (Å²) in [6.07, 6.45) is 7.02. The van der Waals surface area contributed by atoms with Crippen molar-refractivity contribution in [2.75, 3.05) is 0 Å². The number of imidazole rings is 1. The number of hydrogen-bond donors (Lipinski definition) is 0. The molecule has 0 fully saturated rings. The van der Waals surface area contributed by atoms with Crippen molar-refractivity contribution in [3.05, 3.63) is 77.9 Å². The van der Waals surface area contributed by atoms with Crippen LogP contribution in [0, 0.1) is 0 Å². The Kier molecular flexibility index (Phi) is 4.24. The highest BCUT2D eigenvalue weighted by molar-refractivity contribution is 5.94. The fourth-order valence-electron chi connectivity index (χ4n) is 3.29. The van der Waals surface area contributed by atoms with Crippen LogP contribution in [0.3, 0.4) is 0 Å². The summed E-state index contributed by atoms with van der Waals surface area (Å²) >= 11 is 0. The van der Waals surface area contributed by atoms with Gasteiger partial charge >= 0.3 is 0 Å². The fourth-order valence-corrected chi connectivity index (χ4v) is 3.29. The molecule has 6 heteroatoms. The SMILES string of the molecule is CC(C)c1ncc(C(=O)N2Cc3nccn3CC2c2ccccc2)cn1. The highest BCUT2D eigenvalue weighted by Crippen LogP contribution is 2.30. The molecule has 0 N–H and O–H groups in total. The first kappa shape index (κ1) is 16.4. The molecule has 0 saturated heterocycles. The van der Waals surface area contributed by atoms with Crippen LogP contribution in [0.5, 0.6) is 0 Å². The van der Waals surface area contributed by atoms with Gasteiger partial charge in [0, 0.05) is 37.3 Å². The number of benzene rings is 1. The molecule has 4 rings (SSSR count). The van der Waals surface area contributed by atoms with E-state index in [1.807, 2.05) is 43.1 Å². The van der Waals surface area contributed by atoms with Crippen molar-refractivity contribution in [3.8, 4) is 0 Å². The molecule has 0 bridgehead atoms. The highest BCUT2D eigenvalue weighted by atomic mass is 16.2. The van der Waals surface area contributed by atoms with Gasteiger partial charge < -0.3 is 9.47 Å². The minimum absolute atomic E-state index is 0.0461. The lowest BCUT2D eigenvalue weighted by Crippen LogP contribution is -2.41. The maximum Gasteiger partial charge on any atom is 0.257 e. The van der Waals surface area contributed by atoms with Crippen LogP contribution in [-0.4, -0.2) is 30.3 Å². The van der Waals surface area contributed by atoms with Gasteiger partial charge in [-0.15, -0.1) is 0 Å². The molecule has 26 heavy (non-hydrogen) atoms. The molecule has 1 atom stereocenters. The summed E-state index contributed by atoms with van der Waals surface area (Å²) in [6.45, 7) is 5.23. The van der Waals surface area contributed by atoms with Crippen molar-refractivity contribution in [3.63, 3.8) is 0 Å². The summed E-state index contributed by atoms with van der Waals surface area (Å²) < 4.78 is 2.11.